The fraction of sp³-hybridized carbons (Fsp3) is 0.667. The summed E-state index contributed by atoms with van der Waals surface area (Å²) in [4.78, 5) is 29.6. The van der Waals surface area contributed by atoms with Crippen LogP contribution in [0.3, 0.4) is 0 Å². The summed E-state index contributed by atoms with van der Waals surface area (Å²) in [5.74, 6) is 0.512. The zero-order valence-electron chi connectivity index (χ0n) is 12.9. The third-order valence-corrected chi connectivity index (χ3v) is 4.81. The van der Waals surface area contributed by atoms with Gasteiger partial charge in [-0.3, -0.25) is 9.59 Å². The molecule has 0 bridgehead atoms. The van der Waals surface area contributed by atoms with E-state index in [4.69, 9.17) is 0 Å². The van der Waals surface area contributed by atoms with Crippen molar-refractivity contribution in [2.45, 2.75) is 46.1 Å². The molecule has 1 aliphatic rings. The first-order valence-corrected chi connectivity index (χ1v) is 8.33. The van der Waals surface area contributed by atoms with E-state index in [1.807, 2.05) is 24.1 Å². The molecule has 2 amide bonds. The topological polar surface area (TPSA) is 62.3 Å². The molecule has 0 spiro atoms. The summed E-state index contributed by atoms with van der Waals surface area (Å²) in [5.41, 5.74) is 0.906. The molecule has 6 heteroatoms. The van der Waals surface area contributed by atoms with E-state index in [0.29, 0.717) is 12.5 Å². The lowest BCUT2D eigenvalue weighted by molar-refractivity contribution is -0.130. The Morgan fingerprint density at radius 3 is 2.95 bits per heavy atom. The molecule has 1 aliphatic heterocycles. The number of carbonyl (C=O) groups is 2. The number of nitrogens with one attached hydrogen (secondary N) is 1. The first kappa shape index (κ1) is 15.9. The van der Waals surface area contributed by atoms with Crippen LogP contribution in [0.25, 0.3) is 0 Å². The third-order valence-electron chi connectivity index (χ3n) is 3.75. The number of amides is 2. The van der Waals surface area contributed by atoms with E-state index in [1.165, 1.54) is 0 Å². The molecule has 1 atom stereocenters. The van der Waals surface area contributed by atoms with Crippen LogP contribution in [0.4, 0.5) is 0 Å². The molecule has 0 aliphatic carbocycles. The predicted octanol–water partition coefficient (Wildman–Crippen LogP) is 2.14. The maximum absolute atomic E-state index is 11.6. The molecule has 0 aromatic carbocycles. The number of aromatic nitrogens is 1. The highest BCUT2D eigenvalue weighted by Crippen LogP contribution is 2.29. The number of rotatable bonds is 4. The van der Waals surface area contributed by atoms with Crippen LogP contribution in [0, 0.1) is 5.92 Å². The van der Waals surface area contributed by atoms with E-state index < -0.39 is 0 Å². The summed E-state index contributed by atoms with van der Waals surface area (Å²) in [6, 6.07) is 0. The number of piperidine rings is 1. The van der Waals surface area contributed by atoms with Crippen molar-refractivity contribution in [1.29, 1.82) is 0 Å². The van der Waals surface area contributed by atoms with Crippen LogP contribution in [-0.2, 0) is 16.1 Å². The Bertz CT molecular complexity index is 513. The van der Waals surface area contributed by atoms with Gasteiger partial charge in [-0.25, -0.2) is 4.98 Å². The number of thiazole rings is 1. The molecule has 5 nitrogen and oxygen atoms in total. The minimum Gasteiger partial charge on any atom is -0.350 e. The Balaban J connectivity index is 1.93. The van der Waals surface area contributed by atoms with E-state index in [1.54, 1.807) is 18.3 Å². The Hall–Kier alpha value is -1.43. The Morgan fingerprint density at radius 1 is 1.52 bits per heavy atom. The quantitative estimate of drug-likeness (QED) is 0.927. The molecule has 1 fully saturated rings. The highest BCUT2D eigenvalue weighted by molar-refractivity contribution is 7.09. The number of nitrogens with zero attached hydrogens (tertiary/aromatic N) is 2. The van der Waals surface area contributed by atoms with Crippen LogP contribution in [0.2, 0.25) is 0 Å². The summed E-state index contributed by atoms with van der Waals surface area (Å²) < 4.78 is 0. The van der Waals surface area contributed by atoms with Crippen LogP contribution in [0.5, 0.6) is 0 Å². The molecule has 1 N–H and O–H groups in total. The Labute approximate surface area is 129 Å². The molecule has 21 heavy (non-hydrogen) atoms. The highest BCUT2D eigenvalue weighted by Gasteiger charge is 2.25. The van der Waals surface area contributed by atoms with Gasteiger partial charge >= 0.3 is 0 Å². The molecule has 1 aromatic heterocycles. The lowest BCUT2D eigenvalue weighted by Crippen LogP contribution is -2.37. The van der Waals surface area contributed by atoms with E-state index in [0.717, 1.165) is 36.6 Å². The first-order chi connectivity index (χ1) is 9.97. The number of hydrogen-bond donors (Lipinski definition) is 1. The Kier molecular flexibility index (Phi) is 5.33. The zero-order valence-corrected chi connectivity index (χ0v) is 13.7. The molecule has 0 unspecified atom stereocenters. The summed E-state index contributed by atoms with van der Waals surface area (Å²) in [7, 11) is 0. The minimum atomic E-state index is -0.00873. The van der Waals surface area contributed by atoms with Gasteiger partial charge in [-0.2, -0.15) is 0 Å². The van der Waals surface area contributed by atoms with Gasteiger partial charge < -0.3 is 10.2 Å². The van der Waals surface area contributed by atoms with Gasteiger partial charge in [0.15, 0.2) is 0 Å². The van der Waals surface area contributed by atoms with Gasteiger partial charge in [0.05, 0.1) is 17.2 Å². The summed E-state index contributed by atoms with van der Waals surface area (Å²) >= 11 is 1.63. The lowest BCUT2D eigenvalue weighted by atomic mass is 9.99. The van der Waals surface area contributed by atoms with Crippen molar-refractivity contribution in [2.75, 3.05) is 13.1 Å². The van der Waals surface area contributed by atoms with Gasteiger partial charge in [0.25, 0.3) is 0 Å². The van der Waals surface area contributed by atoms with Gasteiger partial charge in [-0.1, -0.05) is 13.8 Å². The van der Waals surface area contributed by atoms with Gasteiger partial charge in [-0.15, -0.1) is 11.3 Å². The molecule has 0 saturated carbocycles. The largest absolute Gasteiger partial charge is 0.350 e. The maximum atomic E-state index is 11.6. The molecule has 116 valence electrons. The molecule has 1 aromatic rings. The van der Waals surface area contributed by atoms with Crippen molar-refractivity contribution in [2.24, 2.45) is 5.92 Å². The van der Waals surface area contributed by atoms with E-state index in [-0.39, 0.29) is 17.7 Å². The van der Waals surface area contributed by atoms with Crippen LogP contribution in [-0.4, -0.2) is 34.8 Å². The maximum Gasteiger partial charge on any atom is 0.222 e. The lowest BCUT2D eigenvalue weighted by Gasteiger charge is -2.30. The van der Waals surface area contributed by atoms with Gasteiger partial charge in [0.1, 0.15) is 0 Å². The second kappa shape index (κ2) is 7.02. The van der Waals surface area contributed by atoms with Crippen molar-refractivity contribution in [3.05, 3.63) is 16.1 Å². The molecule has 0 radical (unpaired) electrons. The van der Waals surface area contributed by atoms with Crippen molar-refractivity contribution in [1.82, 2.24) is 15.2 Å². The SMILES string of the molecule is CC(=O)N1CCC[C@H](c2nc(CNC(=O)C(C)C)cs2)C1. The predicted molar refractivity (Wildman–Crippen MR) is 83.0 cm³/mol. The summed E-state index contributed by atoms with van der Waals surface area (Å²) in [6.45, 7) is 7.48. The number of carbonyl (C=O) groups excluding carboxylic acids is 2. The Morgan fingerprint density at radius 2 is 2.29 bits per heavy atom. The van der Waals surface area contributed by atoms with Crippen molar-refractivity contribution >= 4 is 23.2 Å². The third kappa shape index (κ3) is 4.27. The van der Waals surface area contributed by atoms with E-state index in [2.05, 4.69) is 10.3 Å². The van der Waals surface area contributed by atoms with Crippen molar-refractivity contribution in [3.63, 3.8) is 0 Å². The molecule has 2 heterocycles. The first-order valence-electron chi connectivity index (χ1n) is 7.45. The minimum absolute atomic E-state index is 0.00873. The molecular formula is C15H23N3O2S. The van der Waals surface area contributed by atoms with Crippen LogP contribution < -0.4 is 5.32 Å². The van der Waals surface area contributed by atoms with Crippen molar-refractivity contribution < 1.29 is 9.59 Å². The summed E-state index contributed by atoms with van der Waals surface area (Å²) in [5, 5.41) is 5.96. The second-order valence-electron chi connectivity index (χ2n) is 5.85. The average Bonchev–Trinajstić information content (AvgIpc) is 2.93. The normalized spacial score (nSPS) is 18.9. The van der Waals surface area contributed by atoms with Crippen LogP contribution in [0.1, 0.15) is 50.2 Å². The zero-order chi connectivity index (χ0) is 15.4. The van der Waals surface area contributed by atoms with E-state index in [9.17, 15) is 9.59 Å². The standard InChI is InChI=1S/C15H23N3O2S/c1-10(2)14(20)16-7-13-9-21-15(17-13)12-5-4-6-18(8-12)11(3)19/h9-10,12H,4-8H2,1-3H3,(H,16,20)/t12-/m0/s1. The van der Waals surface area contributed by atoms with E-state index >= 15 is 0 Å². The fourth-order valence-electron chi connectivity index (χ4n) is 2.44. The summed E-state index contributed by atoms with van der Waals surface area (Å²) in [6.07, 6.45) is 2.11. The molecule has 1 saturated heterocycles. The van der Waals surface area contributed by atoms with Gasteiger partial charge in [0.2, 0.25) is 11.8 Å². The highest BCUT2D eigenvalue weighted by atomic mass is 32.1. The molecule has 2 rings (SSSR count). The van der Waals surface area contributed by atoms with Crippen LogP contribution >= 0.6 is 11.3 Å². The average molecular weight is 309 g/mol. The number of hydrogen-bond acceptors (Lipinski definition) is 4. The fourth-order valence-corrected chi connectivity index (χ4v) is 3.39. The van der Waals surface area contributed by atoms with Crippen LogP contribution in [0.15, 0.2) is 5.38 Å². The second-order valence-corrected chi connectivity index (χ2v) is 6.74. The van der Waals surface area contributed by atoms with Crippen molar-refractivity contribution in [3.8, 4) is 0 Å². The smallest absolute Gasteiger partial charge is 0.222 e. The van der Waals surface area contributed by atoms with Gasteiger partial charge in [-0.05, 0) is 12.8 Å². The number of likely N-dealkylation sites (tertiary alicyclic amines) is 1. The monoisotopic (exact) mass is 309 g/mol. The molecular weight excluding hydrogens is 286 g/mol. The van der Waals surface area contributed by atoms with Gasteiger partial charge in [0, 0.05) is 37.2 Å².